The van der Waals surface area contributed by atoms with Gasteiger partial charge in [0.2, 0.25) is 11.8 Å². The summed E-state index contributed by atoms with van der Waals surface area (Å²) in [5.74, 6) is -2.60. The molecule has 0 atom stereocenters. The lowest BCUT2D eigenvalue weighted by Crippen LogP contribution is -2.14. The number of carbonyl (C=O) groups is 1. The summed E-state index contributed by atoms with van der Waals surface area (Å²) < 4.78 is 33.4. The zero-order valence-electron chi connectivity index (χ0n) is 15.3. The van der Waals surface area contributed by atoms with Crippen molar-refractivity contribution in [3.8, 4) is 22.5 Å². The van der Waals surface area contributed by atoms with Gasteiger partial charge in [-0.15, -0.1) is 0 Å². The predicted octanol–water partition coefficient (Wildman–Crippen LogP) is 4.91. The molecular weight excluding hydrogens is 414 g/mol. The maximum atomic E-state index is 14.4. The fraction of sp³-hybridized carbons (Fsp3) is 0.0476. The van der Waals surface area contributed by atoms with Crippen LogP contribution in [0.25, 0.3) is 22.5 Å². The third-order valence-electron chi connectivity index (χ3n) is 4.30. The maximum absolute atomic E-state index is 14.4. The summed E-state index contributed by atoms with van der Waals surface area (Å²) in [5, 5.41) is 6.91. The normalized spacial score (nSPS) is 10.8. The van der Waals surface area contributed by atoms with Crippen molar-refractivity contribution in [3.05, 3.63) is 83.3 Å². The van der Waals surface area contributed by atoms with Crippen LogP contribution in [-0.2, 0) is 11.2 Å². The Morgan fingerprint density at radius 3 is 2.70 bits per heavy atom. The molecule has 4 aromatic rings. The highest BCUT2D eigenvalue weighted by Crippen LogP contribution is 2.38. The minimum absolute atomic E-state index is 0.00116. The fourth-order valence-corrected chi connectivity index (χ4v) is 3.11. The van der Waals surface area contributed by atoms with Crippen LogP contribution in [-0.4, -0.2) is 21.0 Å². The Morgan fingerprint density at radius 2 is 1.93 bits per heavy atom. The molecule has 0 unspecified atom stereocenters. The summed E-state index contributed by atoms with van der Waals surface area (Å²) in [7, 11) is 0. The van der Waals surface area contributed by atoms with E-state index in [1.165, 1.54) is 30.7 Å². The van der Waals surface area contributed by atoms with E-state index in [0.717, 1.165) is 6.07 Å². The zero-order valence-corrected chi connectivity index (χ0v) is 16.0. The smallest absolute Gasteiger partial charge is 0.241 e. The first-order valence-electron chi connectivity index (χ1n) is 8.78. The Labute approximate surface area is 174 Å². The Morgan fingerprint density at radius 1 is 1.10 bits per heavy atom. The number of benzene rings is 2. The van der Waals surface area contributed by atoms with Gasteiger partial charge in [0.1, 0.15) is 12.0 Å². The number of nitrogens with one attached hydrogen (secondary N) is 1. The average molecular weight is 427 g/mol. The van der Waals surface area contributed by atoms with Crippen LogP contribution < -0.4 is 5.32 Å². The number of anilines is 1. The van der Waals surface area contributed by atoms with Gasteiger partial charge in [-0.25, -0.2) is 18.7 Å². The summed E-state index contributed by atoms with van der Waals surface area (Å²) in [6.45, 7) is 0. The molecule has 9 heteroatoms. The second-order valence-electron chi connectivity index (χ2n) is 6.25. The van der Waals surface area contributed by atoms with E-state index < -0.39 is 17.5 Å². The molecule has 0 aliphatic rings. The van der Waals surface area contributed by atoms with Crippen LogP contribution in [0.3, 0.4) is 0 Å². The minimum atomic E-state index is -1.09. The molecule has 0 bridgehead atoms. The van der Waals surface area contributed by atoms with Gasteiger partial charge >= 0.3 is 0 Å². The fourth-order valence-electron chi connectivity index (χ4n) is 2.91. The van der Waals surface area contributed by atoms with Crippen molar-refractivity contribution < 1.29 is 18.1 Å². The second-order valence-corrected chi connectivity index (χ2v) is 6.65. The van der Waals surface area contributed by atoms with E-state index >= 15 is 0 Å². The van der Waals surface area contributed by atoms with Gasteiger partial charge in [0.15, 0.2) is 11.6 Å². The van der Waals surface area contributed by atoms with Crippen molar-refractivity contribution in [3.63, 3.8) is 0 Å². The Balaban J connectivity index is 1.74. The van der Waals surface area contributed by atoms with Gasteiger partial charge in [0.05, 0.1) is 17.7 Å². The van der Waals surface area contributed by atoms with Gasteiger partial charge in [0, 0.05) is 16.8 Å². The van der Waals surface area contributed by atoms with Crippen LogP contribution in [0.2, 0.25) is 5.02 Å². The molecule has 2 aromatic carbocycles. The maximum Gasteiger partial charge on any atom is 0.241 e. The van der Waals surface area contributed by atoms with E-state index in [9.17, 15) is 13.6 Å². The standard InChI is InChI=1S/C21H13ClF2N4O2/c22-14-6-2-1-4-12(14)10-17(29)27-21-18(16-8-9-25-11-26-16)20(28-30-21)13-5-3-7-15(23)19(13)24/h1-9,11H,10H2,(H,27,29). The van der Waals surface area contributed by atoms with E-state index in [2.05, 4.69) is 20.4 Å². The Bertz CT molecular complexity index is 1210. The molecule has 0 saturated heterocycles. The average Bonchev–Trinajstić information content (AvgIpc) is 3.15. The Hall–Kier alpha value is -3.65. The van der Waals surface area contributed by atoms with E-state index in [1.807, 2.05) is 0 Å². The van der Waals surface area contributed by atoms with Crippen molar-refractivity contribution in [2.75, 3.05) is 5.32 Å². The monoisotopic (exact) mass is 426 g/mol. The first-order valence-corrected chi connectivity index (χ1v) is 9.16. The van der Waals surface area contributed by atoms with Crippen LogP contribution >= 0.6 is 11.6 Å². The largest absolute Gasteiger partial charge is 0.337 e. The van der Waals surface area contributed by atoms with Crippen LogP contribution in [0.5, 0.6) is 0 Å². The van der Waals surface area contributed by atoms with Gasteiger partial charge in [-0.1, -0.05) is 41.0 Å². The van der Waals surface area contributed by atoms with E-state index in [1.54, 1.807) is 24.3 Å². The van der Waals surface area contributed by atoms with Crippen molar-refractivity contribution in [2.24, 2.45) is 0 Å². The Kier molecular flexibility index (Phi) is 5.49. The molecule has 0 radical (unpaired) electrons. The molecule has 1 amide bonds. The summed E-state index contributed by atoms with van der Waals surface area (Å²) in [6, 6.07) is 12.2. The third kappa shape index (κ3) is 3.90. The quantitative estimate of drug-likeness (QED) is 0.490. The third-order valence-corrected chi connectivity index (χ3v) is 4.67. The van der Waals surface area contributed by atoms with Gasteiger partial charge in [0.25, 0.3) is 0 Å². The highest BCUT2D eigenvalue weighted by Gasteiger charge is 2.25. The van der Waals surface area contributed by atoms with E-state index in [-0.39, 0.29) is 29.1 Å². The number of aromatic nitrogens is 3. The van der Waals surface area contributed by atoms with Gasteiger partial charge in [-0.3, -0.25) is 10.1 Å². The first kappa shape index (κ1) is 19.7. The number of hydrogen-bond donors (Lipinski definition) is 1. The molecular formula is C21H13ClF2N4O2. The van der Waals surface area contributed by atoms with Crippen molar-refractivity contribution >= 4 is 23.4 Å². The molecule has 2 heterocycles. The van der Waals surface area contributed by atoms with Gasteiger partial charge < -0.3 is 4.52 Å². The number of rotatable bonds is 5. The molecule has 30 heavy (non-hydrogen) atoms. The van der Waals surface area contributed by atoms with Gasteiger partial charge in [-0.05, 0) is 29.8 Å². The van der Waals surface area contributed by atoms with Crippen LogP contribution in [0.1, 0.15) is 5.56 Å². The van der Waals surface area contributed by atoms with Crippen molar-refractivity contribution in [2.45, 2.75) is 6.42 Å². The number of nitrogens with zero attached hydrogens (tertiary/aromatic N) is 3. The lowest BCUT2D eigenvalue weighted by Gasteiger charge is -2.07. The topological polar surface area (TPSA) is 80.9 Å². The van der Waals surface area contributed by atoms with Crippen LogP contribution in [0, 0.1) is 11.6 Å². The van der Waals surface area contributed by atoms with Crippen LogP contribution in [0.15, 0.2) is 65.6 Å². The minimum Gasteiger partial charge on any atom is -0.337 e. The molecule has 0 fully saturated rings. The van der Waals surface area contributed by atoms with Crippen molar-refractivity contribution in [1.82, 2.24) is 15.1 Å². The molecule has 0 aliphatic heterocycles. The summed E-state index contributed by atoms with van der Waals surface area (Å²) in [5.41, 5.74) is 1.02. The van der Waals surface area contributed by atoms with E-state index in [4.69, 9.17) is 16.1 Å². The number of carbonyl (C=O) groups excluding carboxylic acids is 1. The molecule has 1 N–H and O–H groups in total. The molecule has 4 rings (SSSR count). The number of amides is 1. The van der Waals surface area contributed by atoms with E-state index in [0.29, 0.717) is 16.3 Å². The summed E-state index contributed by atoms with van der Waals surface area (Å²) in [6.07, 6.45) is 2.73. The number of halogens is 3. The molecule has 6 nitrogen and oxygen atoms in total. The molecule has 0 spiro atoms. The molecule has 150 valence electrons. The SMILES string of the molecule is O=C(Cc1ccccc1Cl)Nc1onc(-c2cccc(F)c2F)c1-c1ccncn1. The predicted molar refractivity (Wildman–Crippen MR) is 107 cm³/mol. The lowest BCUT2D eigenvalue weighted by atomic mass is 10.0. The van der Waals surface area contributed by atoms with Gasteiger partial charge in [-0.2, -0.15) is 0 Å². The summed E-state index contributed by atoms with van der Waals surface area (Å²) in [4.78, 5) is 20.5. The molecule has 0 aliphatic carbocycles. The number of hydrogen-bond acceptors (Lipinski definition) is 5. The molecule has 0 saturated carbocycles. The second kappa shape index (κ2) is 8.38. The molecule has 2 aromatic heterocycles. The highest BCUT2D eigenvalue weighted by atomic mass is 35.5. The summed E-state index contributed by atoms with van der Waals surface area (Å²) >= 11 is 6.10. The zero-order chi connectivity index (χ0) is 21.1. The highest BCUT2D eigenvalue weighted by molar-refractivity contribution is 6.31. The first-order chi connectivity index (χ1) is 14.5. The van der Waals surface area contributed by atoms with Crippen molar-refractivity contribution in [1.29, 1.82) is 0 Å². The van der Waals surface area contributed by atoms with Crippen LogP contribution in [0.4, 0.5) is 14.7 Å². The lowest BCUT2D eigenvalue weighted by molar-refractivity contribution is -0.115.